The summed E-state index contributed by atoms with van der Waals surface area (Å²) in [6.45, 7) is 4.62. The van der Waals surface area contributed by atoms with E-state index in [0.717, 1.165) is 34.1 Å². The Morgan fingerprint density at radius 3 is 1.67 bits per heavy atom. The fraction of sp³-hybridized carbons (Fsp3) is 0.277. The third-order valence-electron chi connectivity index (χ3n) is 13.0. The Morgan fingerprint density at radius 1 is 0.529 bits per heavy atom. The predicted octanol–water partition coefficient (Wildman–Crippen LogP) is 10.8. The molecule has 4 saturated carbocycles. The Labute approximate surface area is 300 Å². The monoisotopic (exact) mass is 660 g/mol. The predicted molar refractivity (Wildman–Crippen MR) is 203 cm³/mol. The van der Waals surface area contributed by atoms with Gasteiger partial charge in [-0.1, -0.05) is 117 Å². The van der Waals surface area contributed by atoms with E-state index in [1.807, 2.05) is 30.3 Å². The van der Waals surface area contributed by atoms with Crippen molar-refractivity contribution >= 4 is 0 Å². The van der Waals surface area contributed by atoms with Gasteiger partial charge in [0.2, 0.25) is 0 Å². The van der Waals surface area contributed by atoms with Crippen LogP contribution < -0.4 is 0 Å². The van der Waals surface area contributed by atoms with Crippen LogP contribution in [0.15, 0.2) is 121 Å². The van der Waals surface area contributed by atoms with Crippen molar-refractivity contribution < 1.29 is 0 Å². The normalized spacial score (nSPS) is 24.9. The molecule has 4 nitrogen and oxygen atoms in total. The molecule has 6 aromatic rings. The van der Waals surface area contributed by atoms with Crippen LogP contribution >= 0.6 is 0 Å². The first-order valence-corrected chi connectivity index (χ1v) is 18.6. The average molecular weight is 661 g/mol. The second-order valence-electron chi connectivity index (χ2n) is 16.0. The number of fused-ring (bicyclic) bond motifs is 3. The molecular formula is C47H40N4. The number of hydrogen-bond acceptors (Lipinski definition) is 4. The number of nitrogens with zero attached hydrogens (tertiary/aromatic N) is 4. The standard InChI is InChI=1S/C47H40N4/c1-46(2)41-11-7-6-10-39(41)40-21-16-34(27-42(40)46)45-50-43(32-8-4-3-5-9-32)49-44(51-45)33-14-19-36(20-15-33)47(35-17-12-29(28-48)13-18-35)37-23-30-22-31(25-37)26-38(47)24-30/h3-21,27,30-31,37-38H,22-26H2,1-2H3. The van der Waals surface area contributed by atoms with Crippen LogP contribution in [0.3, 0.4) is 0 Å². The quantitative estimate of drug-likeness (QED) is 0.185. The fourth-order valence-electron chi connectivity index (χ4n) is 10.9. The highest BCUT2D eigenvalue weighted by molar-refractivity contribution is 5.83. The molecule has 0 aliphatic heterocycles. The zero-order valence-electron chi connectivity index (χ0n) is 29.2. The van der Waals surface area contributed by atoms with Gasteiger partial charge in [-0.2, -0.15) is 5.26 Å². The molecule has 0 N–H and O–H groups in total. The minimum Gasteiger partial charge on any atom is -0.208 e. The lowest BCUT2D eigenvalue weighted by molar-refractivity contribution is -0.0418. The Morgan fingerprint density at radius 2 is 1.04 bits per heavy atom. The van der Waals surface area contributed by atoms with E-state index in [1.54, 1.807) is 0 Å². The van der Waals surface area contributed by atoms with Crippen molar-refractivity contribution in [1.29, 1.82) is 5.26 Å². The first-order valence-electron chi connectivity index (χ1n) is 18.6. The van der Waals surface area contributed by atoms with Crippen molar-refractivity contribution in [2.45, 2.75) is 56.8 Å². The summed E-state index contributed by atoms with van der Waals surface area (Å²) >= 11 is 0. The number of benzene rings is 5. The van der Waals surface area contributed by atoms with E-state index in [1.165, 1.54) is 65.5 Å². The van der Waals surface area contributed by atoms with E-state index < -0.39 is 0 Å². The van der Waals surface area contributed by atoms with Gasteiger partial charge in [-0.3, -0.25) is 0 Å². The Kier molecular flexibility index (Phi) is 6.74. The summed E-state index contributed by atoms with van der Waals surface area (Å²) in [6, 6.07) is 45.8. The molecule has 4 heteroatoms. The number of aromatic nitrogens is 3. The van der Waals surface area contributed by atoms with Crippen LogP contribution in [-0.4, -0.2) is 15.0 Å². The molecule has 1 aromatic heterocycles. The topological polar surface area (TPSA) is 62.5 Å². The summed E-state index contributed by atoms with van der Waals surface area (Å²) in [5, 5.41) is 9.58. The lowest BCUT2D eigenvalue weighted by Gasteiger charge is -2.62. The van der Waals surface area contributed by atoms with Crippen LogP contribution in [0.1, 0.15) is 73.8 Å². The van der Waals surface area contributed by atoms with Gasteiger partial charge in [-0.15, -0.1) is 0 Å². The van der Waals surface area contributed by atoms with Gasteiger partial charge in [0, 0.05) is 27.5 Å². The molecule has 0 unspecified atom stereocenters. The van der Waals surface area contributed by atoms with E-state index in [2.05, 4.69) is 111 Å². The maximum atomic E-state index is 9.58. The smallest absolute Gasteiger partial charge is 0.164 e. The Balaban J connectivity index is 1.08. The molecular weight excluding hydrogens is 621 g/mol. The molecule has 0 radical (unpaired) electrons. The van der Waals surface area contributed by atoms with E-state index in [0.29, 0.717) is 29.3 Å². The van der Waals surface area contributed by atoms with Gasteiger partial charge in [0.15, 0.2) is 17.5 Å². The van der Waals surface area contributed by atoms with E-state index >= 15 is 0 Å². The zero-order valence-corrected chi connectivity index (χ0v) is 29.2. The van der Waals surface area contributed by atoms with Crippen molar-refractivity contribution in [1.82, 2.24) is 15.0 Å². The molecule has 5 aliphatic carbocycles. The summed E-state index contributed by atoms with van der Waals surface area (Å²) in [6.07, 6.45) is 6.61. The van der Waals surface area contributed by atoms with Crippen LogP contribution in [-0.2, 0) is 10.8 Å². The number of hydrogen-bond donors (Lipinski definition) is 0. The van der Waals surface area contributed by atoms with Crippen LogP contribution in [0.4, 0.5) is 0 Å². The molecule has 248 valence electrons. The average Bonchev–Trinajstić information content (AvgIpc) is 3.40. The zero-order chi connectivity index (χ0) is 34.3. The molecule has 0 spiro atoms. The van der Waals surface area contributed by atoms with E-state index in [9.17, 15) is 5.26 Å². The number of nitriles is 1. The Hall–Kier alpha value is -5.40. The third-order valence-corrected chi connectivity index (χ3v) is 13.0. The van der Waals surface area contributed by atoms with Crippen LogP contribution in [0.25, 0.3) is 45.3 Å². The van der Waals surface area contributed by atoms with Crippen molar-refractivity contribution in [2.75, 3.05) is 0 Å². The molecule has 0 amide bonds. The SMILES string of the molecule is CC1(C)c2ccccc2-c2ccc(-c3nc(-c4ccccc4)nc(-c4ccc(C5(c6ccc(C#N)cc6)C6CC7CC(C6)CC5C7)cc4)n3)cc21. The molecule has 5 aromatic carbocycles. The van der Waals surface area contributed by atoms with Crippen LogP contribution in [0, 0.1) is 35.0 Å². The lowest BCUT2D eigenvalue weighted by Crippen LogP contribution is -2.56. The van der Waals surface area contributed by atoms with Crippen molar-refractivity contribution in [3.05, 3.63) is 149 Å². The van der Waals surface area contributed by atoms with E-state index in [4.69, 9.17) is 15.0 Å². The third kappa shape index (κ3) is 4.60. The van der Waals surface area contributed by atoms with Crippen LogP contribution in [0.2, 0.25) is 0 Å². The Bertz CT molecular complexity index is 2320. The second-order valence-corrected chi connectivity index (χ2v) is 16.0. The van der Waals surface area contributed by atoms with Gasteiger partial charge >= 0.3 is 0 Å². The summed E-state index contributed by atoms with van der Waals surface area (Å²) in [7, 11) is 0. The minimum atomic E-state index is -0.112. The maximum Gasteiger partial charge on any atom is 0.164 e. The molecule has 5 aliphatic rings. The molecule has 1 heterocycles. The molecule has 0 saturated heterocycles. The highest BCUT2D eigenvalue weighted by Gasteiger charge is 2.58. The van der Waals surface area contributed by atoms with Crippen LogP contribution in [0.5, 0.6) is 0 Å². The van der Waals surface area contributed by atoms with Gasteiger partial charge in [0.25, 0.3) is 0 Å². The number of rotatable bonds is 5. The summed E-state index contributed by atoms with van der Waals surface area (Å²) in [5.41, 5.74) is 11.6. The van der Waals surface area contributed by atoms with Crippen molar-refractivity contribution in [3.63, 3.8) is 0 Å². The summed E-state index contributed by atoms with van der Waals surface area (Å²) in [4.78, 5) is 15.4. The first-order chi connectivity index (χ1) is 24.9. The minimum absolute atomic E-state index is 0.0335. The van der Waals surface area contributed by atoms with Crippen molar-refractivity contribution in [3.8, 4) is 51.4 Å². The van der Waals surface area contributed by atoms with Gasteiger partial charge in [0.1, 0.15) is 0 Å². The second kappa shape index (κ2) is 11.3. The first kappa shape index (κ1) is 30.4. The van der Waals surface area contributed by atoms with Gasteiger partial charge < -0.3 is 0 Å². The fourth-order valence-corrected chi connectivity index (χ4v) is 10.9. The molecule has 4 fully saturated rings. The lowest BCUT2D eigenvalue weighted by atomic mass is 9.42. The molecule has 0 atom stereocenters. The van der Waals surface area contributed by atoms with Crippen molar-refractivity contribution in [2.24, 2.45) is 23.7 Å². The van der Waals surface area contributed by atoms with E-state index in [-0.39, 0.29) is 10.8 Å². The molecule has 51 heavy (non-hydrogen) atoms. The maximum absolute atomic E-state index is 9.58. The highest BCUT2D eigenvalue weighted by Crippen LogP contribution is 2.65. The molecule has 11 rings (SSSR count). The van der Waals surface area contributed by atoms with Gasteiger partial charge in [-0.25, -0.2) is 15.0 Å². The largest absolute Gasteiger partial charge is 0.208 e. The summed E-state index contributed by atoms with van der Waals surface area (Å²) in [5.74, 6) is 5.01. The molecule has 4 bridgehead atoms. The highest BCUT2D eigenvalue weighted by atomic mass is 15.0. The summed E-state index contributed by atoms with van der Waals surface area (Å²) < 4.78 is 0. The van der Waals surface area contributed by atoms with Gasteiger partial charge in [0.05, 0.1) is 11.6 Å². The van der Waals surface area contributed by atoms with Gasteiger partial charge in [-0.05, 0) is 107 Å².